The first kappa shape index (κ1) is 13.9. The van der Waals surface area contributed by atoms with Crippen molar-refractivity contribution in [1.82, 2.24) is 5.32 Å². The maximum Gasteiger partial charge on any atom is 0.243 e. The Balaban J connectivity index is 1.99. The molecule has 3 N–H and O–H groups in total. The van der Waals surface area contributed by atoms with Gasteiger partial charge in [0.25, 0.3) is 0 Å². The highest BCUT2D eigenvalue weighted by Gasteiger charge is 2.31. The molecule has 1 aliphatic rings. The van der Waals surface area contributed by atoms with Gasteiger partial charge in [-0.25, -0.2) is 0 Å². The van der Waals surface area contributed by atoms with E-state index >= 15 is 0 Å². The summed E-state index contributed by atoms with van der Waals surface area (Å²) in [5, 5.41) is 15.4. The average Bonchev–Trinajstić information content (AvgIpc) is 2.83. The van der Waals surface area contributed by atoms with E-state index in [1.165, 1.54) is 5.56 Å². The minimum atomic E-state index is -0.331. The third-order valence-electron chi connectivity index (χ3n) is 3.96. The van der Waals surface area contributed by atoms with Gasteiger partial charge < -0.3 is 15.7 Å². The molecular formula is C15H22N2O2. The second-order valence-electron chi connectivity index (χ2n) is 5.44. The van der Waals surface area contributed by atoms with Crippen LogP contribution in [0.4, 0.5) is 5.69 Å². The minimum absolute atomic E-state index is 0.00833. The highest BCUT2D eigenvalue weighted by Crippen LogP contribution is 2.25. The fourth-order valence-electron chi connectivity index (χ4n) is 2.41. The Bertz CT molecular complexity index is 436. The van der Waals surface area contributed by atoms with E-state index in [1.807, 2.05) is 38.1 Å². The van der Waals surface area contributed by atoms with Crippen LogP contribution in [-0.4, -0.2) is 29.2 Å². The van der Waals surface area contributed by atoms with Crippen molar-refractivity contribution in [3.63, 3.8) is 0 Å². The number of nitrogens with one attached hydrogen (secondary N) is 2. The van der Waals surface area contributed by atoms with Gasteiger partial charge in [-0.05, 0) is 31.4 Å². The van der Waals surface area contributed by atoms with Crippen molar-refractivity contribution < 1.29 is 9.90 Å². The zero-order chi connectivity index (χ0) is 13.9. The number of para-hydroxylation sites is 1. The van der Waals surface area contributed by atoms with Gasteiger partial charge in [0.2, 0.25) is 5.91 Å². The van der Waals surface area contributed by atoms with Gasteiger partial charge in [-0.3, -0.25) is 4.79 Å². The fraction of sp³-hybridized carbons (Fsp3) is 0.533. The first-order valence-corrected chi connectivity index (χ1v) is 6.85. The van der Waals surface area contributed by atoms with E-state index < -0.39 is 0 Å². The standard InChI is InChI=1S/C15H22N2O2/c1-3-15(2,8-9-18)17-14(19)13-10-11-6-4-5-7-12(11)16-13/h4-7,13,16,18H,3,8-10H2,1-2H3,(H,17,19). The van der Waals surface area contributed by atoms with Gasteiger partial charge >= 0.3 is 0 Å². The summed E-state index contributed by atoms with van der Waals surface area (Å²) in [4.78, 5) is 12.3. The van der Waals surface area contributed by atoms with Gasteiger partial charge in [0.1, 0.15) is 6.04 Å². The summed E-state index contributed by atoms with van der Waals surface area (Å²) in [6.07, 6.45) is 2.11. The number of benzene rings is 1. The van der Waals surface area contributed by atoms with Gasteiger partial charge in [-0.1, -0.05) is 25.1 Å². The number of carbonyl (C=O) groups is 1. The summed E-state index contributed by atoms with van der Waals surface area (Å²) in [5.74, 6) is 0.00833. The van der Waals surface area contributed by atoms with E-state index in [1.54, 1.807) is 0 Å². The quantitative estimate of drug-likeness (QED) is 0.757. The smallest absolute Gasteiger partial charge is 0.243 e. The predicted molar refractivity (Wildman–Crippen MR) is 76.1 cm³/mol. The number of hydrogen-bond acceptors (Lipinski definition) is 3. The average molecular weight is 262 g/mol. The molecule has 104 valence electrons. The molecule has 1 aromatic carbocycles. The Labute approximate surface area is 114 Å². The van der Waals surface area contributed by atoms with Crippen LogP contribution in [0.2, 0.25) is 0 Å². The molecular weight excluding hydrogens is 240 g/mol. The van der Waals surface area contributed by atoms with Crippen LogP contribution in [0.15, 0.2) is 24.3 Å². The molecule has 0 spiro atoms. The largest absolute Gasteiger partial charge is 0.396 e. The van der Waals surface area contributed by atoms with Gasteiger partial charge in [0.05, 0.1) is 0 Å². The van der Waals surface area contributed by atoms with Crippen molar-refractivity contribution in [2.24, 2.45) is 0 Å². The lowest BCUT2D eigenvalue weighted by Crippen LogP contribution is -2.51. The molecule has 0 bridgehead atoms. The topological polar surface area (TPSA) is 61.4 Å². The summed E-state index contributed by atoms with van der Waals surface area (Å²) in [7, 11) is 0. The number of amides is 1. The van der Waals surface area contributed by atoms with Crippen molar-refractivity contribution >= 4 is 11.6 Å². The van der Waals surface area contributed by atoms with E-state index in [0.29, 0.717) is 6.42 Å². The van der Waals surface area contributed by atoms with Crippen LogP contribution in [0.5, 0.6) is 0 Å². The van der Waals surface area contributed by atoms with Crippen molar-refractivity contribution in [3.8, 4) is 0 Å². The summed E-state index contributed by atoms with van der Waals surface area (Å²) in [5.41, 5.74) is 1.90. The zero-order valence-electron chi connectivity index (χ0n) is 11.6. The summed E-state index contributed by atoms with van der Waals surface area (Å²) >= 11 is 0. The van der Waals surface area contributed by atoms with E-state index in [0.717, 1.165) is 18.5 Å². The van der Waals surface area contributed by atoms with Gasteiger partial charge in [0, 0.05) is 24.3 Å². The second kappa shape index (κ2) is 5.61. The van der Waals surface area contributed by atoms with Gasteiger partial charge in [0.15, 0.2) is 0 Å². The van der Waals surface area contributed by atoms with E-state index in [4.69, 9.17) is 5.11 Å². The number of carbonyl (C=O) groups excluding carboxylic acids is 1. The normalized spacial score (nSPS) is 20.3. The lowest BCUT2D eigenvalue weighted by molar-refractivity contribution is -0.123. The zero-order valence-corrected chi connectivity index (χ0v) is 11.6. The number of fused-ring (bicyclic) bond motifs is 1. The van der Waals surface area contributed by atoms with Crippen LogP contribution in [-0.2, 0) is 11.2 Å². The number of rotatable bonds is 5. The Morgan fingerprint density at radius 3 is 2.89 bits per heavy atom. The molecule has 0 aliphatic carbocycles. The van der Waals surface area contributed by atoms with Gasteiger partial charge in [-0.15, -0.1) is 0 Å². The lowest BCUT2D eigenvalue weighted by atomic mass is 9.94. The third-order valence-corrected chi connectivity index (χ3v) is 3.96. The predicted octanol–water partition coefficient (Wildman–Crippen LogP) is 1.69. The molecule has 2 unspecified atom stereocenters. The maximum atomic E-state index is 12.3. The Hall–Kier alpha value is -1.55. The number of aliphatic hydroxyl groups excluding tert-OH is 1. The van der Waals surface area contributed by atoms with Crippen LogP contribution in [0.25, 0.3) is 0 Å². The van der Waals surface area contributed by atoms with Crippen molar-refractivity contribution in [2.45, 2.75) is 44.7 Å². The molecule has 0 aromatic heterocycles. The number of hydrogen-bond donors (Lipinski definition) is 3. The maximum absolute atomic E-state index is 12.3. The summed E-state index contributed by atoms with van der Waals surface area (Å²) in [6.45, 7) is 4.08. The van der Waals surface area contributed by atoms with Crippen LogP contribution < -0.4 is 10.6 Å². The minimum Gasteiger partial charge on any atom is -0.396 e. The fourth-order valence-corrected chi connectivity index (χ4v) is 2.41. The Kier molecular flexibility index (Phi) is 4.10. The van der Waals surface area contributed by atoms with Crippen molar-refractivity contribution in [1.29, 1.82) is 0 Å². The summed E-state index contributed by atoms with van der Waals surface area (Å²) in [6, 6.07) is 7.79. The highest BCUT2D eigenvalue weighted by molar-refractivity contribution is 5.87. The Morgan fingerprint density at radius 2 is 2.26 bits per heavy atom. The second-order valence-corrected chi connectivity index (χ2v) is 5.44. The van der Waals surface area contributed by atoms with E-state index in [2.05, 4.69) is 10.6 Å². The molecule has 4 nitrogen and oxygen atoms in total. The molecule has 4 heteroatoms. The molecule has 19 heavy (non-hydrogen) atoms. The number of aliphatic hydroxyl groups is 1. The van der Waals surface area contributed by atoms with Crippen LogP contribution in [0, 0.1) is 0 Å². The molecule has 1 amide bonds. The molecule has 0 radical (unpaired) electrons. The first-order chi connectivity index (χ1) is 9.08. The molecule has 1 aromatic rings. The van der Waals surface area contributed by atoms with E-state index in [9.17, 15) is 4.79 Å². The van der Waals surface area contributed by atoms with Crippen LogP contribution in [0.1, 0.15) is 32.3 Å². The number of anilines is 1. The van der Waals surface area contributed by atoms with Crippen molar-refractivity contribution in [2.75, 3.05) is 11.9 Å². The molecule has 0 saturated heterocycles. The highest BCUT2D eigenvalue weighted by atomic mass is 16.3. The van der Waals surface area contributed by atoms with Crippen molar-refractivity contribution in [3.05, 3.63) is 29.8 Å². The van der Waals surface area contributed by atoms with Gasteiger partial charge in [-0.2, -0.15) is 0 Å². The lowest BCUT2D eigenvalue weighted by Gasteiger charge is -2.30. The molecule has 2 rings (SSSR count). The molecule has 1 heterocycles. The molecule has 0 saturated carbocycles. The Morgan fingerprint density at radius 1 is 1.53 bits per heavy atom. The SMILES string of the molecule is CCC(C)(CCO)NC(=O)C1Cc2ccccc2N1. The molecule has 2 atom stereocenters. The monoisotopic (exact) mass is 262 g/mol. The molecule has 0 fully saturated rings. The van der Waals surface area contributed by atoms with Crippen LogP contribution in [0.3, 0.4) is 0 Å². The van der Waals surface area contributed by atoms with Crippen LogP contribution >= 0.6 is 0 Å². The summed E-state index contributed by atoms with van der Waals surface area (Å²) < 4.78 is 0. The first-order valence-electron chi connectivity index (χ1n) is 6.85. The third kappa shape index (κ3) is 3.07. The van der Waals surface area contributed by atoms with E-state index in [-0.39, 0.29) is 24.1 Å². The molecule has 1 aliphatic heterocycles.